The molecular formula is C18H19FN6O2. The molecule has 1 N–H and O–H groups in total. The second-order valence-corrected chi connectivity index (χ2v) is 6.31. The summed E-state index contributed by atoms with van der Waals surface area (Å²) in [6.45, 7) is 2.56. The molecule has 9 heteroatoms. The molecule has 1 unspecified atom stereocenters. The number of rotatable bonds is 5. The SMILES string of the molecule is CCCn1cnc2c(c1=O)NC(c1cnn(C)c1)N2Oc1cccc(F)c1. The summed E-state index contributed by atoms with van der Waals surface area (Å²) in [5.74, 6) is 0.243. The minimum absolute atomic E-state index is 0.180. The number of halogens is 1. The zero-order valence-corrected chi connectivity index (χ0v) is 15.0. The second kappa shape index (κ2) is 6.75. The van der Waals surface area contributed by atoms with E-state index in [0.29, 0.717) is 23.8 Å². The second-order valence-electron chi connectivity index (χ2n) is 6.31. The van der Waals surface area contributed by atoms with Gasteiger partial charge in [-0.25, -0.2) is 9.37 Å². The van der Waals surface area contributed by atoms with Gasteiger partial charge in [0.05, 0.1) is 6.20 Å². The largest absolute Gasteiger partial charge is 0.376 e. The van der Waals surface area contributed by atoms with Gasteiger partial charge in [-0.3, -0.25) is 14.0 Å². The van der Waals surface area contributed by atoms with E-state index in [4.69, 9.17) is 4.84 Å². The average molecular weight is 370 g/mol. The van der Waals surface area contributed by atoms with Crippen molar-refractivity contribution >= 4 is 11.5 Å². The molecule has 1 atom stereocenters. The molecule has 1 aliphatic heterocycles. The standard InChI is InChI=1S/C18H19FN6O2/c1-3-7-24-11-20-17-15(18(24)26)22-16(12-9-21-23(2)10-12)25(17)27-14-6-4-5-13(19)8-14/h4-6,8-11,16,22H,3,7H2,1-2H3. The minimum atomic E-state index is -0.519. The zero-order valence-electron chi connectivity index (χ0n) is 15.0. The fourth-order valence-electron chi connectivity index (χ4n) is 3.03. The lowest BCUT2D eigenvalue weighted by atomic mass is 10.3. The van der Waals surface area contributed by atoms with Gasteiger partial charge in [-0.05, 0) is 18.6 Å². The highest BCUT2D eigenvalue weighted by Crippen LogP contribution is 2.38. The van der Waals surface area contributed by atoms with E-state index in [-0.39, 0.29) is 5.56 Å². The quantitative estimate of drug-likeness (QED) is 0.743. The molecule has 1 aromatic carbocycles. The van der Waals surface area contributed by atoms with Gasteiger partial charge in [0, 0.05) is 31.4 Å². The number of hydrogen-bond donors (Lipinski definition) is 1. The van der Waals surface area contributed by atoms with Crippen LogP contribution in [0.3, 0.4) is 0 Å². The summed E-state index contributed by atoms with van der Waals surface area (Å²) >= 11 is 0. The van der Waals surface area contributed by atoms with Crippen molar-refractivity contribution < 1.29 is 9.23 Å². The normalized spacial score (nSPS) is 15.5. The van der Waals surface area contributed by atoms with Crippen LogP contribution in [0.2, 0.25) is 0 Å². The molecule has 27 heavy (non-hydrogen) atoms. The van der Waals surface area contributed by atoms with Crippen LogP contribution in [0.25, 0.3) is 0 Å². The van der Waals surface area contributed by atoms with Crippen molar-refractivity contribution in [2.75, 3.05) is 10.4 Å². The first-order chi connectivity index (χ1) is 13.1. The van der Waals surface area contributed by atoms with E-state index in [0.717, 1.165) is 12.0 Å². The van der Waals surface area contributed by atoms with E-state index >= 15 is 0 Å². The van der Waals surface area contributed by atoms with E-state index in [9.17, 15) is 9.18 Å². The van der Waals surface area contributed by atoms with Crippen molar-refractivity contribution in [1.82, 2.24) is 19.3 Å². The van der Waals surface area contributed by atoms with Crippen molar-refractivity contribution in [1.29, 1.82) is 0 Å². The number of nitrogens with zero attached hydrogens (tertiary/aromatic N) is 5. The molecule has 0 bridgehead atoms. The third-order valence-electron chi connectivity index (χ3n) is 4.25. The third kappa shape index (κ3) is 3.12. The molecule has 0 saturated heterocycles. The molecule has 8 nitrogen and oxygen atoms in total. The summed E-state index contributed by atoms with van der Waals surface area (Å²) in [6.07, 6.45) is 5.29. The highest BCUT2D eigenvalue weighted by molar-refractivity contribution is 5.70. The van der Waals surface area contributed by atoms with Gasteiger partial charge in [-0.15, -0.1) is 0 Å². The lowest BCUT2D eigenvalue weighted by molar-refractivity contribution is 0.255. The molecule has 0 spiro atoms. The van der Waals surface area contributed by atoms with Crippen LogP contribution < -0.4 is 20.8 Å². The Bertz CT molecular complexity index is 1030. The predicted molar refractivity (Wildman–Crippen MR) is 97.9 cm³/mol. The van der Waals surface area contributed by atoms with Crippen LogP contribution in [0.5, 0.6) is 5.75 Å². The van der Waals surface area contributed by atoms with E-state index in [1.165, 1.54) is 23.5 Å². The van der Waals surface area contributed by atoms with Crippen molar-refractivity contribution in [2.45, 2.75) is 26.1 Å². The molecule has 4 rings (SSSR count). The van der Waals surface area contributed by atoms with E-state index in [1.807, 2.05) is 13.1 Å². The average Bonchev–Trinajstić information content (AvgIpc) is 3.22. The molecule has 3 heterocycles. The maximum absolute atomic E-state index is 13.6. The molecule has 0 saturated carbocycles. The van der Waals surface area contributed by atoms with Crippen molar-refractivity contribution in [3.63, 3.8) is 0 Å². The third-order valence-corrected chi connectivity index (χ3v) is 4.25. The monoisotopic (exact) mass is 370 g/mol. The molecule has 0 fully saturated rings. The molecule has 2 aromatic heterocycles. The van der Waals surface area contributed by atoms with Crippen LogP contribution >= 0.6 is 0 Å². The lowest BCUT2D eigenvalue weighted by Gasteiger charge is -2.24. The Morgan fingerprint density at radius 3 is 2.93 bits per heavy atom. The smallest absolute Gasteiger partial charge is 0.279 e. The summed E-state index contributed by atoms with van der Waals surface area (Å²) in [5.41, 5.74) is 0.950. The van der Waals surface area contributed by atoms with Gasteiger partial charge >= 0.3 is 0 Å². The number of hydrogen-bond acceptors (Lipinski definition) is 6. The van der Waals surface area contributed by atoms with Gasteiger partial charge in [0.25, 0.3) is 5.56 Å². The first kappa shape index (κ1) is 17.1. The first-order valence-electron chi connectivity index (χ1n) is 8.64. The van der Waals surface area contributed by atoms with Crippen LogP contribution in [0.4, 0.5) is 15.9 Å². The van der Waals surface area contributed by atoms with Crippen molar-refractivity contribution in [3.05, 3.63) is 64.7 Å². The van der Waals surface area contributed by atoms with E-state index in [2.05, 4.69) is 15.4 Å². The number of benzene rings is 1. The number of aryl methyl sites for hydroxylation is 2. The Morgan fingerprint density at radius 1 is 1.37 bits per heavy atom. The Morgan fingerprint density at radius 2 is 2.22 bits per heavy atom. The van der Waals surface area contributed by atoms with E-state index in [1.54, 1.807) is 34.6 Å². The van der Waals surface area contributed by atoms with Crippen molar-refractivity contribution in [2.24, 2.45) is 7.05 Å². The molecule has 0 radical (unpaired) electrons. The number of fused-ring (bicyclic) bond motifs is 1. The van der Waals surface area contributed by atoms with Crippen molar-refractivity contribution in [3.8, 4) is 5.75 Å². The predicted octanol–water partition coefficient (Wildman–Crippen LogP) is 2.45. The Labute approximate surface area is 154 Å². The zero-order chi connectivity index (χ0) is 19.0. The Kier molecular flexibility index (Phi) is 4.27. The lowest BCUT2D eigenvalue weighted by Crippen LogP contribution is -2.31. The summed E-state index contributed by atoms with van der Waals surface area (Å²) in [4.78, 5) is 23.1. The van der Waals surface area contributed by atoms with Gasteiger partial charge in [-0.1, -0.05) is 13.0 Å². The summed E-state index contributed by atoms with van der Waals surface area (Å²) < 4.78 is 16.8. The highest BCUT2D eigenvalue weighted by Gasteiger charge is 2.36. The minimum Gasteiger partial charge on any atom is -0.376 e. The number of aromatic nitrogens is 4. The summed E-state index contributed by atoms with van der Waals surface area (Å²) in [7, 11) is 1.80. The molecule has 1 aliphatic rings. The van der Waals surface area contributed by atoms with Gasteiger partial charge in [0.1, 0.15) is 17.8 Å². The van der Waals surface area contributed by atoms with Crippen LogP contribution in [-0.2, 0) is 13.6 Å². The van der Waals surface area contributed by atoms with Gasteiger partial charge in [0.15, 0.2) is 17.7 Å². The topological polar surface area (TPSA) is 77.2 Å². The molecular weight excluding hydrogens is 351 g/mol. The molecule has 140 valence electrons. The number of hydroxylamine groups is 1. The maximum Gasteiger partial charge on any atom is 0.279 e. The Balaban J connectivity index is 1.77. The fraction of sp³-hybridized carbons (Fsp3) is 0.278. The van der Waals surface area contributed by atoms with Gasteiger partial charge in [-0.2, -0.15) is 10.2 Å². The van der Waals surface area contributed by atoms with Crippen LogP contribution in [0, 0.1) is 5.82 Å². The Hall–Kier alpha value is -3.36. The molecule has 3 aromatic rings. The van der Waals surface area contributed by atoms with Gasteiger partial charge in [0.2, 0.25) is 0 Å². The van der Waals surface area contributed by atoms with Crippen LogP contribution in [-0.4, -0.2) is 19.3 Å². The summed E-state index contributed by atoms with van der Waals surface area (Å²) in [6, 6.07) is 5.81. The van der Waals surface area contributed by atoms with Gasteiger partial charge < -0.3 is 10.2 Å². The fourth-order valence-corrected chi connectivity index (χ4v) is 3.03. The molecule has 0 amide bonds. The number of nitrogens with one attached hydrogen (secondary N) is 1. The van der Waals surface area contributed by atoms with Crippen LogP contribution in [0.15, 0.2) is 47.8 Å². The summed E-state index contributed by atoms with van der Waals surface area (Å²) in [5, 5.41) is 8.82. The van der Waals surface area contributed by atoms with Crippen LogP contribution in [0.1, 0.15) is 25.1 Å². The van der Waals surface area contributed by atoms with E-state index < -0.39 is 12.0 Å². The number of anilines is 2. The maximum atomic E-state index is 13.6. The molecule has 0 aliphatic carbocycles. The first-order valence-corrected chi connectivity index (χ1v) is 8.64. The highest BCUT2D eigenvalue weighted by atomic mass is 19.1.